The van der Waals surface area contributed by atoms with E-state index in [9.17, 15) is 15.0 Å². The number of rotatable bonds is 16. The Balaban J connectivity index is 3.55. The highest BCUT2D eigenvalue weighted by atomic mass is 16.4. The van der Waals surface area contributed by atoms with Crippen molar-refractivity contribution in [2.45, 2.75) is 96.2 Å². The van der Waals surface area contributed by atoms with Crippen molar-refractivity contribution in [3.05, 3.63) is 24.3 Å². The predicted octanol–water partition coefficient (Wildman–Crippen LogP) is 4.61. The molecule has 2 unspecified atom stereocenters. The van der Waals surface area contributed by atoms with Crippen LogP contribution in [0, 0.1) is 0 Å². The van der Waals surface area contributed by atoms with Crippen LogP contribution in [0.2, 0.25) is 0 Å². The molecular formula is C20H36O4. The molecule has 0 aliphatic carbocycles. The third-order valence-corrected chi connectivity index (χ3v) is 4.03. The number of hydrogen-bond donors (Lipinski definition) is 3. The Hall–Kier alpha value is -1.13. The first kappa shape index (κ1) is 22.9. The van der Waals surface area contributed by atoms with E-state index in [0.717, 1.165) is 25.7 Å². The molecule has 0 aliphatic rings. The van der Waals surface area contributed by atoms with Crippen LogP contribution in [0.15, 0.2) is 24.3 Å². The maximum absolute atomic E-state index is 10.4. The smallest absolute Gasteiger partial charge is 0.303 e. The van der Waals surface area contributed by atoms with E-state index in [4.69, 9.17) is 5.11 Å². The standard InChI is InChI=1S/C20H36O4/c1-2-3-4-5-6-9-13-18(21)14-10-7-8-11-15-19(22)16-12-17-20(23)24/h7-8,11,15,18-19,21-22H,2-6,9-10,12-14,16-17H2,1H3,(H,23,24). The second kappa shape index (κ2) is 16.7. The first-order valence-corrected chi connectivity index (χ1v) is 9.47. The summed E-state index contributed by atoms with van der Waals surface area (Å²) in [7, 11) is 0. The van der Waals surface area contributed by atoms with Gasteiger partial charge >= 0.3 is 5.97 Å². The Morgan fingerprint density at radius 2 is 1.62 bits per heavy atom. The van der Waals surface area contributed by atoms with Crippen LogP contribution in [-0.2, 0) is 4.79 Å². The van der Waals surface area contributed by atoms with Crippen LogP contribution in [0.25, 0.3) is 0 Å². The summed E-state index contributed by atoms with van der Waals surface area (Å²) in [6.45, 7) is 2.21. The Morgan fingerprint density at radius 3 is 2.33 bits per heavy atom. The van der Waals surface area contributed by atoms with Gasteiger partial charge < -0.3 is 15.3 Å². The van der Waals surface area contributed by atoms with Gasteiger partial charge in [-0.05, 0) is 32.1 Å². The predicted molar refractivity (Wildman–Crippen MR) is 99.0 cm³/mol. The fraction of sp³-hybridized carbons (Fsp3) is 0.750. The zero-order chi connectivity index (χ0) is 18.0. The van der Waals surface area contributed by atoms with E-state index >= 15 is 0 Å². The molecule has 2 atom stereocenters. The summed E-state index contributed by atoms with van der Waals surface area (Å²) in [6.07, 6.45) is 17.5. The molecule has 4 nitrogen and oxygen atoms in total. The topological polar surface area (TPSA) is 77.8 Å². The molecule has 0 aromatic heterocycles. The Bertz CT molecular complexity index is 350. The van der Waals surface area contributed by atoms with E-state index in [1.807, 2.05) is 12.2 Å². The summed E-state index contributed by atoms with van der Waals surface area (Å²) in [5.74, 6) is -0.828. The molecule has 24 heavy (non-hydrogen) atoms. The highest BCUT2D eigenvalue weighted by molar-refractivity contribution is 5.66. The minimum Gasteiger partial charge on any atom is -0.481 e. The minimum atomic E-state index is -0.828. The van der Waals surface area contributed by atoms with Crippen molar-refractivity contribution in [2.24, 2.45) is 0 Å². The van der Waals surface area contributed by atoms with E-state index in [0.29, 0.717) is 12.8 Å². The average Bonchev–Trinajstić information content (AvgIpc) is 2.53. The van der Waals surface area contributed by atoms with Crippen molar-refractivity contribution in [3.8, 4) is 0 Å². The number of aliphatic hydroxyl groups excluding tert-OH is 2. The second-order valence-electron chi connectivity index (χ2n) is 6.45. The number of hydrogen-bond acceptors (Lipinski definition) is 3. The monoisotopic (exact) mass is 340 g/mol. The molecule has 0 amide bonds. The fourth-order valence-electron chi connectivity index (χ4n) is 2.52. The van der Waals surface area contributed by atoms with E-state index in [-0.39, 0.29) is 12.5 Å². The molecule has 0 rings (SSSR count). The Kier molecular flexibility index (Phi) is 15.9. The van der Waals surface area contributed by atoms with E-state index in [1.54, 1.807) is 12.2 Å². The molecule has 0 aromatic rings. The molecule has 0 radical (unpaired) electrons. The Morgan fingerprint density at radius 1 is 0.917 bits per heavy atom. The maximum atomic E-state index is 10.4. The zero-order valence-electron chi connectivity index (χ0n) is 15.2. The minimum absolute atomic E-state index is 0.0945. The van der Waals surface area contributed by atoms with Crippen molar-refractivity contribution in [3.63, 3.8) is 0 Å². The zero-order valence-corrected chi connectivity index (χ0v) is 15.2. The van der Waals surface area contributed by atoms with Crippen LogP contribution in [-0.4, -0.2) is 33.5 Å². The lowest BCUT2D eigenvalue weighted by Gasteiger charge is -2.08. The summed E-state index contributed by atoms with van der Waals surface area (Å²) >= 11 is 0. The summed E-state index contributed by atoms with van der Waals surface area (Å²) < 4.78 is 0. The van der Waals surface area contributed by atoms with Crippen LogP contribution in [0.4, 0.5) is 0 Å². The molecule has 140 valence electrons. The van der Waals surface area contributed by atoms with Crippen LogP contribution in [0.3, 0.4) is 0 Å². The second-order valence-corrected chi connectivity index (χ2v) is 6.45. The molecule has 0 spiro atoms. The molecule has 0 bridgehead atoms. The van der Waals surface area contributed by atoms with Gasteiger partial charge in [-0.1, -0.05) is 69.8 Å². The summed E-state index contributed by atoms with van der Waals surface area (Å²) in [4.78, 5) is 10.4. The van der Waals surface area contributed by atoms with Crippen molar-refractivity contribution in [1.82, 2.24) is 0 Å². The van der Waals surface area contributed by atoms with Crippen LogP contribution in [0.1, 0.15) is 84.0 Å². The number of allylic oxidation sites excluding steroid dienone is 3. The van der Waals surface area contributed by atoms with Crippen molar-refractivity contribution in [1.29, 1.82) is 0 Å². The molecule has 0 aromatic carbocycles. The molecule has 3 N–H and O–H groups in total. The van der Waals surface area contributed by atoms with Gasteiger partial charge in [0.1, 0.15) is 0 Å². The maximum Gasteiger partial charge on any atom is 0.303 e. The first-order chi connectivity index (χ1) is 11.6. The number of unbranched alkanes of at least 4 members (excludes halogenated alkanes) is 5. The van der Waals surface area contributed by atoms with Gasteiger partial charge in [-0.3, -0.25) is 4.79 Å². The van der Waals surface area contributed by atoms with E-state index < -0.39 is 12.1 Å². The van der Waals surface area contributed by atoms with E-state index in [2.05, 4.69) is 6.92 Å². The first-order valence-electron chi connectivity index (χ1n) is 9.47. The van der Waals surface area contributed by atoms with Crippen molar-refractivity contribution < 1.29 is 20.1 Å². The summed E-state index contributed by atoms with van der Waals surface area (Å²) in [6, 6.07) is 0. The lowest BCUT2D eigenvalue weighted by atomic mass is 10.0. The van der Waals surface area contributed by atoms with Gasteiger partial charge in [0.25, 0.3) is 0 Å². The summed E-state index contributed by atoms with van der Waals surface area (Å²) in [5, 5.41) is 28.0. The van der Waals surface area contributed by atoms with Gasteiger partial charge in [-0.2, -0.15) is 0 Å². The molecule has 0 fully saturated rings. The summed E-state index contributed by atoms with van der Waals surface area (Å²) in [5.41, 5.74) is 0. The third kappa shape index (κ3) is 17.2. The fourth-order valence-corrected chi connectivity index (χ4v) is 2.52. The Labute approximate surface area is 147 Å². The number of aliphatic carboxylic acids is 1. The highest BCUT2D eigenvalue weighted by Gasteiger charge is 2.03. The van der Waals surface area contributed by atoms with Crippen molar-refractivity contribution >= 4 is 5.97 Å². The molecule has 0 aliphatic heterocycles. The lowest BCUT2D eigenvalue weighted by Crippen LogP contribution is -2.05. The van der Waals surface area contributed by atoms with E-state index in [1.165, 1.54) is 32.1 Å². The highest BCUT2D eigenvalue weighted by Crippen LogP contribution is 2.11. The number of aliphatic hydroxyl groups is 2. The van der Waals surface area contributed by atoms with Gasteiger partial charge in [0, 0.05) is 6.42 Å². The van der Waals surface area contributed by atoms with Gasteiger partial charge in [0.05, 0.1) is 12.2 Å². The molecular weight excluding hydrogens is 304 g/mol. The third-order valence-electron chi connectivity index (χ3n) is 4.03. The van der Waals surface area contributed by atoms with Gasteiger partial charge in [0.15, 0.2) is 0 Å². The number of carboxylic acid groups (broad SMARTS) is 1. The molecule has 0 saturated heterocycles. The normalized spacial score (nSPS) is 14.5. The van der Waals surface area contributed by atoms with Crippen LogP contribution < -0.4 is 0 Å². The van der Waals surface area contributed by atoms with Gasteiger partial charge in [-0.25, -0.2) is 0 Å². The van der Waals surface area contributed by atoms with Crippen LogP contribution in [0.5, 0.6) is 0 Å². The molecule has 0 saturated carbocycles. The van der Waals surface area contributed by atoms with Crippen molar-refractivity contribution in [2.75, 3.05) is 0 Å². The van der Waals surface area contributed by atoms with Gasteiger partial charge in [0.2, 0.25) is 0 Å². The average molecular weight is 341 g/mol. The SMILES string of the molecule is CCCCCCCCC(O)CCC=CC=CC(O)CCCC(=O)O. The van der Waals surface area contributed by atoms with Gasteiger partial charge in [-0.15, -0.1) is 0 Å². The van der Waals surface area contributed by atoms with Crippen LogP contribution >= 0.6 is 0 Å². The largest absolute Gasteiger partial charge is 0.481 e. The number of carbonyl (C=O) groups is 1. The molecule has 0 heterocycles. The quantitative estimate of drug-likeness (QED) is 0.283. The number of carboxylic acids is 1. The molecule has 4 heteroatoms. The lowest BCUT2D eigenvalue weighted by molar-refractivity contribution is -0.137.